The number of rotatable bonds is 5. The van der Waals surface area contributed by atoms with Gasteiger partial charge >= 0.3 is 0 Å². The van der Waals surface area contributed by atoms with E-state index in [-0.39, 0.29) is 12.3 Å². The number of halogens is 2. The summed E-state index contributed by atoms with van der Waals surface area (Å²) in [6.45, 7) is 2.52. The monoisotopic (exact) mass is 482 g/mol. The number of aliphatic hydroxyl groups is 1. The standard InChI is InChI=1S/C24H24ClFN6O2/c1-34-21-10-15(14-33)17(12-18(21)25)20-13-32-5-3-16(11-22(32)29-20)30-6-8-31(9-7-30)24-23(26)19(27)2-4-28-24/h2-5,10-13,33H,6-9,14H2,1H3,(H2,27,28). The Morgan fingerprint density at radius 2 is 1.91 bits per heavy atom. The van der Waals surface area contributed by atoms with Crippen LogP contribution in [0.5, 0.6) is 5.75 Å². The van der Waals surface area contributed by atoms with Gasteiger partial charge in [0.15, 0.2) is 11.6 Å². The van der Waals surface area contributed by atoms with E-state index in [9.17, 15) is 9.50 Å². The van der Waals surface area contributed by atoms with Crippen molar-refractivity contribution in [2.24, 2.45) is 0 Å². The Morgan fingerprint density at radius 3 is 2.65 bits per heavy atom. The highest BCUT2D eigenvalue weighted by molar-refractivity contribution is 6.32. The largest absolute Gasteiger partial charge is 0.495 e. The van der Waals surface area contributed by atoms with Crippen molar-refractivity contribution in [2.75, 3.05) is 48.8 Å². The van der Waals surface area contributed by atoms with Crippen molar-refractivity contribution in [3.05, 3.63) is 65.3 Å². The average Bonchev–Trinajstić information content (AvgIpc) is 3.29. The molecule has 10 heteroatoms. The molecule has 1 aliphatic rings. The van der Waals surface area contributed by atoms with Gasteiger partial charge in [0.2, 0.25) is 0 Å². The van der Waals surface area contributed by atoms with Gasteiger partial charge in [-0.1, -0.05) is 11.6 Å². The van der Waals surface area contributed by atoms with E-state index in [2.05, 4.69) is 9.88 Å². The van der Waals surface area contributed by atoms with E-state index in [1.54, 1.807) is 12.1 Å². The second kappa shape index (κ2) is 9.00. The van der Waals surface area contributed by atoms with Crippen LogP contribution in [0.15, 0.2) is 48.9 Å². The molecule has 4 aromatic rings. The molecule has 1 fully saturated rings. The molecule has 5 rings (SSSR count). The summed E-state index contributed by atoms with van der Waals surface area (Å²) in [6.07, 6.45) is 5.39. The number of anilines is 3. The van der Waals surface area contributed by atoms with E-state index >= 15 is 0 Å². The van der Waals surface area contributed by atoms with E-state index in [0.717, 1.165) is 16.9 Å². The van der Waals surface area contributed by atoms with E-state index in [1.807, 2.05) is 33.8 Å². The van der Waals surface area contributed by atoms with E-state index in [1.165, 1.54) is 19.4 Å². The molecule has 1 aromatic carbocycles. The lowest BCUT2D eigenvalue weighted by Gasteiger charge is -2.36. The Balaban J connectivity index is 1.38. The lowest BCUT2D eigenvalue weighted by molar-refractivity contribution is 0.281. The maximum Gasteiger partial charge on any atom is 0.188 e. The van der Waals surface area contributed by atoms with Crippen LogP contribution in [0.25, 0.3) is 16.9 Å². The van der Waals surface area contributed by atoms with Gasteiger partial charge in [-0.15, -0.1) is 0 Å². The molecule has 0 aliphatic carbocycles. The number of nitrogen functional groups attached to an aromatic ring is 1. The number of aromatic nitrogens is 3. The highest BCUT2D eigenvalue weighted by Crippen LogP contribution is 2.34. The maximum atomic E-state index is 14.4. The molecule has 4 heterocycles. The topological polar surface area (TPSA) is 92.2 Å². The van der Waals surface area contributed by atoms with Crippen molar-refractivity contribution in [1.29, 1.82) is 0 Å². The van der Waals surface area contributed by atoms with E-state index < -0.39 is 5.82 Å². The molecule has 0 unspecified atom stereocenters. The van der Waals surface area contributed by atoms with Gasteiger partial charge in [-0.05, 0) is 29.8 Å². The van der Waals surface area contributed by atoms with Crippen LogP contribution in [0.4, 0.5) is 21.6 Å². The maximum absolute atomic E-state index is 14.4. The Labute approximate surface area is 201 Å². The number of hydrogen-bond acceptors (Lipinski definition) is 7. The highest BCUT2D eigenvalue weighted by atomic mass is 35.5. The fourth-order valence-corrected chi connectivity index (χ4v) is 4.50. The number of nitrogens with zero attached hydrogens (tertiary/aromatic N) is 5. The minimum atomic E-state index is -0.469. The summed E-state index contributed by atoms with van der Waals surface area (Å²) in [4.78, 5) is 13.1. The molecule has 0 spiro atoms. The predicted molar refractivity (Wildman–Crippen MR) is 131 cm³/mol. The summed E-state index contributed by atoms with van der Waals surface area (Å²) < 4.78 is 21.6. The van der Waals surface area contributed by atoms with Gasteiger partial charge in [-0.3, -0.25) is 0 Å². The minimum absolute atomic E-state index is 0.107. The van der Waals surface area contributed by atoms with Gasteiger partial charge < -0.3 is 29.8 Å². The van der Waals surface area contributed by atoms with Crippen molar-refractivity contribution in [3.8, 4) is 17.0 Å². The molecule has 1 saturated heterocycles. The summed E-state index contributed by atoms with van der Waals surface area (Å²) in [7, 11) is 1.54. The zero-order valence-electron chi connectivity index (χ0n) is 18.6. The Bertz CT molecular complexity index is 1350. The summed E-state index contributed by atoms with van der Waals surface area (Å²) in [5, 5.41) is 10.3. The van der Waals surface area contributed by atoms with E-state index in [4.69, 9.17) is 27.1 Å². The first-order valence-corrected chi connectivity index (χ1v) is 11.2. The number of piperazine rings is 1. The Morgan fingerprint density at radius 1 is 1.15 bits per heavy atom. The normalized spacial score (nSPS) is 14.1. The van der Waals surface area contributed by atoms with Crippen LogP contribution >= 0.6 is 11.6 Å². The third-order valence-corrected chi connectivity index (χ3v) is 6.41. The average molecular weight is 483 g/mol. The molecule has 176 valence electrons. The first kappa shape index (κ1) is 22.2. The quantitative estimate of drug-likeness (QED) is 0.449. The first-order chi connectivity index (χ1) is 16.5. The third-order valence-electron chi connectivity index (χ3n) is 6.11. The number of imidazole rings is 1. The molecule has 0 bridgehead atoms. The molecule has 3 N–H and O–H groups in total. The molecule has 0 radical (unpaired) electrons. The smallest absolute Gasteiger partial charge is 0.188 e. The van der Waals surface area contributed by atoms with Crippen molar-refractivity contribution in [3.63, 3.8) is 0 Å². The van der Waals surface area contributed by atoms with Crippen molar-refractivity contribution in [1.82, 2.24) is 14.4 Å². The predicted octanol–water partition coefficient (Wildman–Crippen LogP) is 3.60. The number of aliphatic hydroxyl groups excluding tert-OH is 1. The van der Waals surface area contributed by atoms with Crippen LogP contribution in [0, 0.1) is 5.82 Å². The van der Waals surface area contributed by atoms with E-state index in [0.29, 0.717) is 54.0 Å². The van der Waals surface area contributed by atoms with Gasteiger partial charge in [-0.25, -0.2) is 14.4 Å². The van der Waals surface area contributed by atoms with Crippen molar-refractivity contribution in [2.45, 2.75) is 6.61 Å². The van der Waals surface area contributed by atoms with Crippen LogP contribution in [-0.4, -0.2) is 52.8 Å². The number of ether oxygens (including phenoxy) is 1. The zero-order valence-corrected chi connectivity index (χ0v) is 19.3. The summed E-state index contributed by atoms with van der Waals surface area (Å²) in [5.41, 5.74) is 9.75. The van der Waals surface area contributed by atoms with Gasteiger partial charge in [0, 0.05) is 62.1 Å². The second-order valence-electron chi connectivity index (χ2n) is 8.09. The third kappa shape index (κ3) is 3.97. The van der Waals surface area contributed by atoms with Gasteiger partial charge in [0.05, 0.1) is 30.1 Å². The van der Waals surface area contributed by atoms with Crippen LogP contribution in [-0.2, 0) is 6.61 Å². The van der Waals surface area contributed by atoms with Crippen LogP contribution in [0.1, 0.15) is 5.56 Å². The van der Waals surface area contributed by atoms with Crippen molar-refractivity contribution >= 4 is 34.4 Å². The van der Waals surface area contributed by atoms with Gasteiger partial charge in [-0.2, -0.15) is 0 Å². The lowest BCUT2D eigenvalue weighted by atomic mass is 10.1. The van der Waals surface area contributed by atoms with Gasteiger partial charge in [0.1, 0.15) is 11.4 Å². The fraction of sp³-hybridized carbons (Fsp3) is 0.250. The number of benzene rings is 1. The van der Waals surface area contributed by atoms with Gasteiger partial charge in [0.25, 0.3) is 0 Å². The Kier molecular flexibility index (Phi) is 5.89. The molecule has 0 saturated carbocycles. The zero-order chi connectivity index (χ0) is 23.8. The first-order valence-electron chi connectivity index (χ1n) is 10.8. The Hall–Kier alpha value is -3.56. The van der Waals surface area contributed by atoms with Crippen LogP contribution < -0.4 is 20.3 Å². The highest BCUT2D eigenvalue weighted by Gasteiger charge is 2.22. The summed E-state index contributed by atoms with van der Waals surface area (Å²) >= 11 is 6.32. The molecule has 3 aromatic heterocycles. The second-order valence-corrected chi connectivity index (χ2v) is 8.50. The number of pyridine rings is 2. The number of fused-ring (bicyclic) bond motifs is 1. The van der Waals surface area contributed by atoms with Crippen molar-refractivity contribution < 1.29 is 14.2 Å². The molecule has 34 heavy (non-hydrogen) atoms. The number of methoxy groups -OCH3 is 1. The number of nitrogens with two attached hydrogens (primary N) is 1. The molecule has 1 aliphatic heterocycles. The SMILES string of the molecule is COc1cc(CO)c(-c2cn3ccc(N4CCN(c5nccc(N)c5F)CC4)cc3n2)cc1Cl. The number of hydrogen-bond donors (Lipinski definition) is 2. The van der Waals surface area contributed by atoms with Crippen LogP contribution in [0.3, 0.4) is 0 Å². The molecule has 8 nitrogen and oxygen atoms in total. The molecular weight excluding hydrogens is 459 g/mol. The van der Waals surface area contributed by atoms with Crippen LogP contribution in [0.2, 0.25) is 5.02 Å². The summed E-state index contributed by atoms with van der Waals surface area (Å²) in [5.74, 6) is 0.335. The fourth-order valence-electron chi connectivity index (χ4n) is 4.26. The molecule has 0 amide bonds. The summed E-state index contributed by atoms with van der Waals surface area (Å²) in [6, 6.07) is 9.00. The minimum Gasteiger partial charge on any atom is -0.495 e. The molecule has 0 atom stereocenters. The lowest BCUT2D eigenvalue weighted by Crippen LogP contribution is -2.47. The molecular formula is C24H24ClFN6O2.